The SMILES string of the molecule is c1ccc(-c2csc(NC3CC(Nc4nc(-c5ccccn5)cs4)CC(Nc4nc(-c5ccccn5)cs4)C3)n2)nc1. The van der Waals surface area contributed by atoms with Gasteiger partial charge in [0.25, 0.3) is 0 Å². The normalized spacial score (nSPS) is 18.4. The van der Waals surface area contributed by atoms with Crippen molar-refractivity contribution in [2.24, 2.45) is 0 Å². The van der Waals surface area contributed by atoms with Crippen molar-refractivity contribution in [1.29, 1.82) is 0 Å². The van der Waals surface area contributed by atoms with E-state index in [-0.39, 0.29) is 18.1 Å². The Kier molecular flexibility index (Phi) is 7.81. The maximum Gasteiger partial charge on any atom is 0.183 e. The van der Waals surface area contributed by atoms with E-state index < -0.39 is 0 Å². The zero-order chi connectivity index (χ0) is 28.1. The lowest BCUT2D eigenvalue weighted by atomic mass is 9.87. The highest BCUT2D eigenvalue weighted by Crippen LogP contribution is 2.33. The second kappa shape index (κ2) is 12.3. The van der Waals surface area contributed by atoms with Crippen LogP contribution in [0.15, 0.2) is 89.3 Å². The molecule has 0 saturated heterocycles. The van der Waals surface area contributed by atoms with Gasteiger partial charge in [-0.2, -0.15) is 0 Å². The van der Waals surface area contributed by atoms with Gasteiger partial charge in [0.15, 0.2) is 15.4 Å². The summed E-state index contributed by atoms with van der Waals surface area (Å²) in [7, 11) is 0. The Morgan fingerprint density at radius 1 is 0.452 bits per heavy atom. The van der Waals surface area contributed by atoms with Crippen LogP contribution >= 0.6 is 34.0 Å². The van der Waals surface area contributed by atoms with Gasteiger partial charge >= 0.3 is 0 Å². The number of anilines is 3. The first kappa shape index (κ1) is 26.6. The highest BCUT2D eigenvalue weighted by atomic mass is 32.1. The Morgan fingerprint density at radius 2 is 0.786 bits per heavy atom. The van der Waals surface area contributed by atoms with Gasteiger partial charge in [0.2, 0.25) is 0 Å². The molecule has 0 amide bonds. The summed E-state index contributed by atoms with van der Waals surface area (Å²) < 4.78 is 0. The minimum atomic E-state index is 0.210. The van der Waals surface area contributed by atoms with E-state index in [0.29, 0.717) is 0 Å². The first-order valence-corrected chi connectivity index (χ1v) is 16.3. The molecule has 12 heteroatoms. The highest BCUT2D eigenvalue weighted by Gasteiger charge is 2.31. The number of hydrogen-bond acceptors (Lipinski definition) is 12. The van der Waals surface area contributed by atoms with Gasteiger partial charge in [-0.15, -0.1) is 34.0 Å². The molecule has 0 unspecified atom stereocenters. The summed E-state index contributed by atoms with van der Waals surface area (Å²) in [5.41, 5.74) is 5.30. The Labute approximate surface area is 255 Å². The summed E-state index contributed by atoms with van der Waals surface area (Å²) in [6.07, 6.45) is 8.20. The van der Waals surface area contributed by atoms with E-state index in [1.165, 1.54) is 0 Å². The minimum absolute atomic E-state index is 0.210. The molecule has 9 nitrogen and oxygen atoms in total. The van der Waals surface area contributed by atoms with Gasteiger partial charge in [0, 0.05) is 52.9 Å². The van der Waals surface area contributed by atoms with Gasteiger partial charge in [-0.25, -0.2) is 15.0 Å². The minimum Gasteiger partial charge on any atom is -0.359 e. The fourth-order valence-corrected chi connectivity index (χ4v) is 7.46. The average molecular weight is 610 g/mol. The molecule has 0 aromatic carbocycles. The molecule has 6 heterocycles. The summed E-state index contributed by atoms with van der Waals surface area (Å²) in [6, 6.07) is 18.3. The van der Waals surface area contributed by atoms with Crippen LogP contribution < -0.4 is 16.0 Å². The number of nitrogens with one attached hydrogen (secondary N) is 3. The van der Waals surface area contributed by atoms with Crippen LogP contribution in [0.1, 0.15) is 19.3 Å². The second-order valence-electron chi connectivity index (χ2n) is 9.99. The summed E-state index contributed by atoms with van der Waals surface area (Å²) in [5, 5.41) is 20.0. The van der Waals surface area contributed by atoms with Gasteiger partial charge in [-0.3, -0.25) is 15.0 Å². The van der Waals surface area contributed by atoms with Crippen molar-refractivity contribution in [2.75, 3.05) is 16.0 Å². The van der Waals surface area contributed by atoms with Crippen molar-refractivity contribution in [3.63, 3.8) is 0 Å². The lowest BCUT2D eigenvalue weighted by Gasteiger charge is -2.36. The maximum absolute atomic E-state index is 4.84. The third-order valence-electron chi connectivity index (χ3n) is 6.98. The molecule has 0 spiro atoms. The Balaban J connectivity index is 1.08. The third-order valence-corrected chi connectivity index (χ3v) is 9.30. The van der Waals surface area contributed by atoms with E-state index in [4.69, 9.17) is 15.0 Å². The van der Waals surface area contributed by atoms with Gasteiger partial charge in [-0.05, 0) is 55.7 Å². The van der Waals surface area contributed by atoms with Crippen LogP contribution in [0.5, 0.6) is 0 Å². The van der Waals surface area contributed by atoms with Crippen LogP contribution in [0, 0.1) is 0 Å². The monoisotopic (exact) mass is 609 g/mol. The van der Waals surface area contributed by atoms with Crippen molar-refractivity contribution in [1.82, 2.24) is 29.9 Å². The number of hydrogen-bond donors (Lipinski definition) is 3. The number of pyridine rings is 3. The summed E-state index contributed by atoms with van der Waals surface area (Å²) in [6.45, 7) is 0. The Bertz CT molecular complexity index is 1510. The van der Waals surface area contributed by atoms with Crippen molar-refractivity contribution in [2.45, 2.75) is 37.4 Å². The topological polar surface area (TPSA) is 113 Å². The van der Waals surface area contributed by atoms with E-state index in [2.05, 4.69) is 47.0 Å². The molecule has 0 atom stereocenters. The molecule has 0 radical (unpaired) electrons. The van der Waals surface area contributed by atoms with Crippen LogP contribution in [-0.2, 0) is 0 Å². The Morgan fingerprint density at radius 3 is 1.07 bits per heavy atom. The van der Waals surface area contributed by atoms with Crippen molar-refractivity contribution < 1.29 is 0 Å². The number of aromatic nitrogens is 6. The van der Waals surface area contributed by atoms with Gasteiger partial charge in [0.05, 0.1) is 17.1 Å². The van der Waals surface area contributed by atoms with E-state index in [1.807, 2.05) is 54.6 Å². The molecule has 210 valence electrons. The van der Waals surface area contributed by atoms with E-state index in [1.54, 1.807) is 52.6 Å². The van der Waals surface area contributed by atoms with Crippen molar-refractivity contribution >= 4 is 49.4 Å². The average Bonchev–Trinajstić information content (AvgIpc) is 3.81. The largest absolute Gasteiger partial charge is 0.359 e. The third kappa shape index (κ3) is 6.30. The van der Waals surface area contributed by atoms with Gasteiger partial charge in [0.1, 0.15) is 17.1 Å². The number of nitrogens with zero attached hydrogens (tertiary/aromatic N) is 6. The second-order valence-corrected chi connectivity index (χ2v) is 12.6. The fourth-order valence-electron chi connectivity index (χ4n) is 5.11. The van der Waals surface area contributed by atoms with E-state index >= 15 is 0 Å². The predicted molar refractivity (Wildman–Crippen MR) is 172 cm³/mol. The zero-order valence-electron chi connectivity index (χ0n) is 22.4. The number of thiazole rings is 3. The molecule has 6 aromatic rings. The summed E-state index contributed by atoms with van der Waals surface area (Å²) >= 11 is 4.84. The lowest BCUT2D eigenvalue weighted by molar-refractivity contribution is 0.397. The zero-order valence-corrected chi connectivity index (χ0v) is 24.9. The summed E-state index contributed by atoms with van der Waals surface area (Å²) in [4.78, 5) is 27.9. The van der Waals surface area contributed by atoms with Crippen molar-refractivity contribution in [3.05, 3.63) is 89.3 Å². The highest BCUT2D eigenvalue weighted by molar-refractivity contribution is 7.14. The van der Waals surface area contributed by atoms with Gasteiger partial charge in [-0.1, -0.05) is 18.2 Å². The van der Waals surface area contributed by atoms with Crippen molar-refractivity contribution in [3.8, 4) is 34.2 Å². The molecular weight excluding hydrogens is 583 g/mol. The molecule has 1 fully saturated rings. The van der Waals surface area contributed by atoms with Crippen LogP contribution in [0.3, 0.4) is 0 Å². The molecule has 0 aliphatic heterocycles. The lowest BCUT2D eigenvalue weighted by Crippen LogP contribution is -2.43. The first-order valence-electron chi connectivity index (χ1n) is 13.7. The predicted octanol–water partition coefficient (Wildman–Crippen LogP) is 7.17. The molecule has 7 rings (SSSR count). The molecule has 1 saturated carbocycles. The Hall–Kier alpha value is -4.26. The van der Waals surface area contributed by atoms with Crippen LogP contribution in [-0.4, -0.2) is 48.0 Å². The standard InChI is InChI=1S/C30H27N9S3/c1-4-10-31-22(7-1)25-16-40-28(37-25)34-19-13-20(35-29-38-26(17-41-29)23-8-2-5-11-32-23)15-21(14-19)36-30-39-27(18-42-30)24-9-3-6-12-33-24/h1-12,16-21H,13-15H2,(H,34,37)(H,35,38)(H,36,39). The van der Waals surface area contributed by atoms with Crippen LogP contribution in [0.2, 0.25) is 0 Å². The number of rotatable bonds is 9. The molecular formula is C30H27N9S3. The molecule has 3 N–H and O–H groups in total. The van der Waals surface area contributed by atoms with Gasteiger partial charge < -0.3 is 16.0 Å². The molecule has 0 bridgehead atoms. The fraction of sp³-hybridized carbons (Fsp3) is 0.200. The first-order chi connectivity index (χ1) is 20.7. The smallest absolute Gasteiger partial charge is 0.183 e. The van der Waals surface area contributed by atoms with E-state index in [9.17, 15) is 0 Å². The molecule has 1 aliphatic carbocycles. The maximum atomic E-state index is 4.84. The molecule has 1 aliphatic rings. The van der Waals surface area contributed by atoms with Crippen LogP contribution in [0.25, 0.3) is 34.2 Å². The molecule has 6 aromatic heterocycles. The van der Waals surface area contributed by atoms with E-state index in [0.717, 1.165) is 68.8 Å². The quantitative estimate of drug-likeness (QED) is 0.157. The summed E-state index contributed by atoms with van der Waals surface area (Å²) in [5.74, 6) is 0. The van der Waals surface area contributed by atoms with Crippen LogP contribution in [0.4, 0.5) is 15.4 Å². The molecule has 42 heavy (non-hydrogen) atoms.